The van der Waals surface area contributed by atoms with Crippen LogP contribution in [0.4, 0.5) is 0 Å². The van der Waals surface area contributed by atoms with Crippen molar-refractivity contribution in [1.82, 2.24) is 19.6 Å². The van der Waals surface area contributed by atoms with Crippen molar-refractivity contribution in [2.75, 3.05) is 0 Å². The highest BCUT2D eigenvalue weighted by Gasteiger charge is 3.15. The van der Waals surface area contributed by atoms with E-state index in [0.717, 1.165) is 0 Å². The Kier molecular flexibility index (Phi) is 0.378. The van der Waals surface area contributed by atoms with Gasteiger partial charge in [-0.2, -0.15) is 0 Å². The Bertz CT molecular complexity index is 254. The summed E-state index contributed by atoms with van der Waals surface area (Å²) in [6.45, 7) is 9.31. The fourth-order valence-corrected chi connectivity index (χ4v) is 5.75. The van der Waals surface area contributed by atoms with Crippen molar-refractivity contribution in [3.8, 4) is 0 Å². The molecule has 0 aromatic heterocycles. The molecule has 0 spiro atoms. The van der Waals surface area contributed by atoms with Crippen LogP contribution in [0.25, 0.3) is 0 Å². The molecule has 6 aliphatic heterocycles. The molecule has 64 valence electrons. The highest BCUT2D eigenvalue weighted by Crippen LogP contribution is 2.93. The molecule has 6 heterocycles. The summed E-state index contributed by atoms with van der Waals surface area (Å²) < 4.78 is 0. The molecule has 0 aromatic rings. The molecule has 6 rings (SSSR count). The summed E-state index contributed by atoms with van der Waals surface area (Å²) in [4.78, 5) is 10.4. The van der Waals surface area contributed by atoms with Crippen LogP contribution in [0.5, 0.6) is 0 Å². The Balaban J connectivity index is 1.86. The molecule has 0 atom stereocenters. The molecule has 4 heteroatoms. The van der Waals surface area contributed by atoms with E-state index in [1.165, 1.54) is 0 Å². The maximum atomic E-state index is 2.61. The molecule has 0 radical (unpaired) electrons. The van der Waals surface area contributed by atoms with Crippen molar-refractivity contribution in [2.24, 2.45) is 0 Å². The molecule has 6 saturated heterocycles. The number of hydrogen-bond donors (Lipinski definition) is 0. The van der Waals surface area contributed by atoms with Gasteiger partial charge in [0.2, 0.25) is 0 Å². The smallest absolute Gasteiger partial charge is 0.143 e. The van der Waals surface area contributed by atoms with Crippen LogP contribution in [0.15, 0.2) is 0 Å². The van der Waals surface area contributed by atoms with E-state index in [0.29, 0.717) is 23.1 Å². The monoisotopic (exact) mass is 164 g/mol. The lowest BCUT2D eigenvalue weighted by atomic mass is 9.57. The summed E-state index contributed by atoms with van der Waals surface area (Å²) in [5, 5.41) is 0. The molecule has 0 aromatic carbocycles. The summed E-state index contributed by atoms with van der Waals surface area (Å²) in [5.41, 5.74) is 0. The number of hydrogen-bond acceptors (Lipinski definition) is 4. The molecular formula is C8H12N4. The van der Waals surface area contributed by atoms with Crippen molar-refractivity contribution in [2.45, 2.75) is 50.8 Å². The van der Waals surface area contributed by atoms with Gasteiger partial charge in [-0.25, -0.2) is 19.6 Å². The van der Waals surface area contributed by atoms with Gasteiger partial charge in [0, 0.05) is 0 Å². The Morgan fingerprint density at radius 3 is 0.833 bits per heavy atom. The van der Waals surface area contributed by atoms with Gasteiger partial charge in [-0.05, 0) is 27.7 Å². The van der Waals surface area contributed by atoms with Crippen LogP contribution in [0.1, 0.15) is 27.7 Å². The summed E-state index contributed by atoms with van der Waals surface area (Å²) >= 11 is 0. The van der Waals surface area contributed by atoms with Crippen LogP contribution in [-0.2, 0) is 0 Å². The predicted octanol–water partition coefficient (Wildman–Crippen LogP) is -0.0428. The van der Waals surface area contributed by atoms with Crippen LogP contribution < -0.4 is 0 Å². The first-order valence-corrected chi connectivity index (χ1v) is 4.68. The van der Waals surface area contributed by atoms with Gasteiger partial charge in [0.25, 0.3) is 0 Å². The van der Waals surface area contributed by atoms with E-state index in [9.17, 15) is 0 Å². The Morgan fingerprint density at radius 1 is 0.500 bits per heavy atom. The third kappa shape index (κ3) is 0.149. The minimum atomic E-state index is 0.312. The molecule has 0 saturated carbocycles. The van der Waals surface area contributed by atoms with E-state index in [2.05, 4.69) is 47.3 Å². The summed E-state index contributed by atoms with van der Waals surface area (Å²) in [6.07, 6.45) is 0. The van der Waals surface area contributed by atoms with Crippen LogP contribution in [0, 0.1) is 0 Å². The second-order valence-electron chi connectivity index (χ2n) is 5.22. The summed E-state index contributed by atoms with van der Waals surface area (Å²) in [5.74, 6) is 1.25. The van der Waals surface area contributed by atoms with E-state index in [-0.39, 0.29) is 0 Å². The molecule has 0 unspecified atom stereocenters. The van der Waals surface area contributed by atoms with E-state index < -0.39 is 0 Å². The maximum Gasteiger partial charge on any atom is 0.143 e. The van der Waals surface area contributed by atoms with Crippen molar-refractivity contribution in [1.29, 1.82) is 0 Å². The van der Waals surface area contributed by atoms with Gasteiger partial charge in [0.1, 0.15) is 23.1 Å². The molecule has 6 fully saturated rings. The molecule has 0 aliphatic carbocycles. The maximum absolute atomic E-state index is 2.61. The lowest BCUT2D eigenvalue weighted by Gasteiger charge is -3.19. The molecule has 12 heavy (non-hydrogen) atoms. The molecule has 0 bridgehead atoms. The average Bonchev–Trinajstić information content (AvgIpc) is 1.78. The lowest BCUT2D eigenvalue weighted by Crippen LogP contribution is -3.40. The van der Waals surface area contributed by atoms with E-state index in [4.69, 9.17) is 0 Å². The Morgan fingerprint density at radius 2 is 0.667 bits per heavy atom. The zero-order valence-electron chi connectivity index (χ0n) is 7.79. The summed E-state index contributed by atoms with van der Waals surface area (Å²) in [7, 11) is 0. The topological polar surface area (TPSA) is 13.0 Å². The average molecular weight is 164 g/mol. The normalized spacial score (nSPS) is 83.0. The highest BCUT2D eigenvalue weighted by molar-refractivity contribution is 5.52. The fourth-order valence-electron chi connectivity index (χ4n) is 5.75. The van der Waals surface area contributed by atoms with Crippen LogP contribution in [0.3, 0.4) is 0 Å². The third-order valence-electron chi connectivity index (χ3n) is 5.08. The standard InChI is InChI=1S/C8H12N4/c1-5-9-6(2)10(5)8(4)11(5)7(9,3)12(6)8/h1-4H3/t5-,6+,7-,8?. The molecule has 4 nitrogen and oxygen atoms in total. The molecular weight excluding hydrogens is 152 g/mol. The van der Waals surface area contributed by atoms with Gasteiger partial charge >= 0.3 is 0 Å². The van der Waals surface area contributed by atoms with Gasteiger partial charge in [-0.3, -0.25) is 0 Å². The van der Waals surface area contributed by atoms with Gasteiger partial charge in [-0.1, -0.05) is 0 Å². The van der Waals surface area contributed by atoms with Crippen LogP contribution in [0.2, 0.25) is 0 Å². The summed E-state index contributed by atoms with van der Waals surface area (Å²) in [6, 6.07) is 0. The minimum absolute atomic E-state index is 0.312. The largest absolute Gasteiger partial charge is 0.208 e. The molecule has 6 aliphatic rings. The first-order valence-electron chi connectivity index (χ1n) is 4.68. The van der Waals surface area contributed by atoms with Crippen molar-refractivity contribution < 1.29 is 0 Å². The third-order valence-corrected chi connectivity index (χ3v) is 5.08. The van der Waals surface area contributed by atoms with E-state index in [1.807, 2.05) is 0 Å². The van der Waals surface area contributed by atoms with Gasteiger partial charge < -0.3 is 0 Å². The van der Waals surface area contributed by atoms with Gasteiger partial charge in [0.05, 0.1) is 0 Å². The minimum Gasteiger partial charge on any atom is -0.208 e. The number of nitrogens with zero attached hydrogens (tertiary/aromatic N) is 4. The predicted molar refractivity (Wildman–Crippen MR) is 41.0 cm³/mol. The zero-order valence-corrected chi connectivity index (χ0v) is 7.79. The second kappa shape index (κ2) is 0.817. The van der Waals surface area contributed by atoms with Crippen molar-refractivity contribution in [3.05, 3.63) is 0 Å². The van der Waals surface area contributed by atoms with Crippen LogP contribution >= 0.6 is 0 Å². The second-order valence-corrected chi connectivity index (χ2v) is 5.22. The lowest BCUT2D eigenvalue weighted by molar-refractivity contribution is -0.875. The van der Waals surface area contributed by atoms with E-state index >= 15 is 0 Å². The highest BCUT2D eigenvalue weighted by atomic mass is 16.3. The van der Waals surface area contributed by atoms with E-state index in [1.54, 1.807) is 0 Å². The van der Waals surface area contributed by atoms with Gasteiger partial charge in [0.15, 0.2) is 0 Å². The molecule has 0 N–H and O–H groups in total. The first-order chi connectivity index (χ1) is 5.46. The zero-order chi connectivity index (χ0) is 8.31. The Labute approximate surface area is 71.3 Å². The number of rotatable bonds is 0. The van der Waals surface area contributed by atoms with Crippen LogP contribution in [-0.4, -0.2) is 42.7 Å². The van der Waals surface area contributed by atoms with Gasteiger partial charge in [-0.15, -0.1) is 0 Å². The fraction of sp³-hybridized carbons (Fsp3) is 1.00. The Hall–Kier alpha value is -0.160. The van der Waals surface area contributed by atoms with Crippen molar-refractivity contribution >= 4 is 0 Å². The van der Waals surface area contributed by atoms with Crippen molar-refractivity contribution in [3.63, 3.8) is 0 Å². The molecule has 0 amide bonds. The quantitative estimate of drug-likeness (QED) is 0.498. The first kappa shape index (κ1) is 5.54. The SMILES string of the molecule is CC12N3[C@]4(C)N1[C@]1(C)N2[C@@]3(C)N41.